The first-order valence-electron chi connectivity index (χ1n) is 10.5. The minimum atomic E-state index is -0.328. The summed E-state index contributed by atoms with van der Waals surface area (Å²) < 4.78 is 21.8. The zero-order valence-electron chi connectivity index (χ0n) is 18.6. The molecule has 2 heterocycles. The van der Waals surface area contributed by atoms with Crippen LogP contribution >= 0.6 is 11.6 Å². The van der Waals surface area contributed by atoms with E-state index in [-0.39, 0.29) is 11.8 Å². The Morgan fingerprint density at radius 2 is 2.00 bits per heavy atom. The third kappa shape index (κ3) is 4.94. The molecule has 0 saturated heterocycles. The zero-order valence-corrected chi connectivity index (χ0v) is 19.4. The van der Waals surface area contributed by atoms with Crippen molar-refractivity contribution < 1.29 is 9.13 Å². The number of hydrogen-bond donors (Lipinski definition) is 2. The van der Waals surface area contributed by atoms with Crippen molar-refractivity contribution in [2.45, 2.75) is 32.2 Å². The summed E-state index contributed by atoms with van der Waals surface area (Å²) in [6.07, 6.45) is 2.04. The van der Waals surface area contributed by atoms with Gasteiger partial charge in [-0.3, -0.25) is 0 Å². The largest absolute Gasteiger partial charge is 0.496 e. The average molecular weight is 469 g/mol. The van der Waals surface area contributed by atoms with Crippen LogP contribution in [0.2, 0.25) is 0 Å². The molecule has 0 spiro atoms. The summed E-state index contributed by atoms with van der Waals surface area (Å²) in [5.41, 5.74) is 10.2. The fourth-order valence-electron chi connectivity index (χ4n) is 3.85. The van der Waals surface area contributed by atoms with Crippen molar-refractivity contribution in [2.75, 3.05) is 24.7 Å². The number of nitrogens with two attached hydrogens (primary N) is 1. The van der Waals surface area contributed by atoms with E-state index in [2.05, 4.69) is 33.3 Å². The fraction of sp³-hybridized carbons (Fsp3) is 0.292. The lowest BCUT2D eigenvalue weighted by Crippen LogP contribution is -2.09. The van der Waals surface area contributed by atoms with E-state index in [0.717, 1.165) is 47.3 Å². The Hall–Kier alpha value is -3.57. The number of benzene rings is 2. The van der Waals surface area contributed by atoms with Crippen molar-refractivity contribution in [3.8, 4) is 12.3 Å². The second kappa shape index (κ2) is 10.8. The van der Waals surface area contributed by atoms with Crippen molar-refractivity contribution >= 4 is 45.3 Å². The van der Waals surface area contributed by atoms with Gasteiger partial charge in [0.15, 0.2) is 5.82 Å². The van der Waals surface area contributed by atoms with E-state index in [9.17, 15) is 4.39 Å². The molecule has 0 atom stereocenters. The number of unbranched alkanes of at least 4 members (excludes halogenated alkanes) is 1. The molecule has 33 heavy (non-hydrogen) atoms. The third-order valence-corrected chi connectivity index (χ3v) is 5.63. The van der Waals surface area contributed by atoms with E-state index in [1.807, 2.05) is 18.2 Å². The number of fused-ring (bicyclic) bond motifs is 3. The van der Waals surface area contributed by atoms with E-state index in [0.29, 0.717) is 29.1 Å². The summed E-state index contributed by atoms with van der Waals surface area (Å²) in [5.74, 6) is 1.61. The van der Waals surface area contributed by atoms with Gasteiger partial charge in [-0.05, 0) is 42.3 Å². The number of halogens is 2. The lowest BCUT2D eigenvalue weighted by molar-refractivity contribution is 0.408. The number of nitriles is 1. The van der Waals surface area contributed by atoms with E-state index < -0.39 is 0 Å². The molecule has 0 aliphatic carbocycles. The number of aromatic nitrogens is 3. The number of hydrogen-bond acceptors (Lipinski definition) is 6. The minimum Gasteiger partial charge on any atom is -0.496 e. The maximum atomic E-state index is 14.1. The predicted octanol–water partition coefficient (Wildman–Crippen LogP) is 5.45. The molecule has 0 amide bonds. The van der Waals surface area contributed by atoms with Crippen LogP contribution in [-0.4, -0.2) is 28.2 Å². The molecular formula is C24H26ClFN6O. The third-order valence-electron chi connectivity index (χ3n) is 5.33. The number of alkyl halides is 1. The summed E-state index contributed by atoms with van der Waals surface area (Å²) in [6.45, 7) is 6.86. The summed E-state index contributed by atoms with van der Waals surface area (Å²) in [7, 11) is 1.64. The quantitative estimate of drug-likeness (QED) is 0.263. The van der Waals surface area contributed by atoms with Crippen molar-refractivity contribution in [2.24, 2.45) is 0 Å². The van der Waals surface area contributed by atoms with E-state index >= 15 is 0 Å². The molecule has 4 rings (SSSR count). The molecule has 0 aliphatic rings. The summed E-state index contributed by atoms with van der Waals surface area (Å²) in [6, 6.07) is 10.6. The van der Waals surface area contributed by atoms with E-state index in [1.54, 1.807) is 13.2 Å². The second-order valence-corrected chi connectivity index (χ2v) is 7.70. The number of rotatable bonds is 8. The van der Waals surface area contributed by atoms with Crippen LogP contribution in [-0.2, 0) is 12.4 Å². The topological polar surface area (TPSA) is 102 Å². The van der Waals surface area contributed by atoms with Gasteiger partial charge in [-0.1, -0.05) is 19.4 Å². The van der Waals surface area contributed by atoms with Gasteiger partial charge < -0.3 is 20.4 Å². The number of methoxy groups -OCH3 is 1. The van der Waals surface area contributed by atoms with Crippen LogP contribution in [0.1, 0.15) is 30.9 Å². The van der Waals surface area contributed by atoms with Gasteiger partial charge in [0.1, 0.15) is 22.6 Å². The van der Waals surface area contributed by atoms with Crippen LogP contribution in [0.5, 0.6) is 5.75 Å². The van der Waals surface area contributed by atoms with Crippen molar-refractivity contribution in [1.29, 1.82) is 5.26 Å². The maximum absolute atomic E-state index is 14.1. The lowest BCUT2D eigenvalue weighted by atomic mass is 10.1. The van der Waals surface area contributed by atoms with Gasteiger partial charge in [0.2, 0.25) is 5.95 Å². The molecule has 3 N–H and O–H groups in total. The Kier molecular flexibility index (Phi) is 7.91. The number of nitrogen functional groups attached to an aromatic ring is 1. The SMILES string of the molecule is C#N.CCCCNc1nc(N)nc2c3cc(F)ccc3n(Cc3cc(CCl)ccc3OC)c12. The Morgan fingerprint density at radius 3 is 2.70 bits per heavy atom. The molecular weight excluding hydrogens is 443 g/mol. The molecule has 4 aromatic rings. The molecule has 0 saturated carbocycles. The molecule has 0 unspecified atom stereocenters. The van der Waals surface area contributed by atoms with Gasteiger partial charge >= 0.3 is 0 Å². The normalized spacial score (nSPS) is 10.7. The van der Waals surface area contributed by atoms with Gasteiger partial charge in [0, 0.05) is 29.9 Å². The molecule has 2 aromatic heterocycles. The van der Waals surface area contributed by atoms with Crippen LogP contribution in [0.4, 0.5) is 16.2 Å². The lowest BCUT2D eigenvalue weighted by Gasteiger charge is -2.15. The molecule has 0 bridgehead atoms. The highest BCUT2D eigenvalue weighted by molar-refractivity contribution is 6.17. The number of nitrogens with one attached hydrogen (secondary N) is 1. The fourth-order valence-corrected chi connectivity index (χ4v) is 4.02. The van der Waals surface area contributed by atoms with E-state index in [1.165, 1.54) is 12.1 Å². The van der Waals surface area contributed by atoms with Crippen LogP contribution in [0, 0.1) is 17.7 Å². The van der Waals surface area contributed by atoms with Gasteiger partial charge in [-0.2, -0.15) is 4.98 Å². The number of ether oxygens (including phenoxy) is 1. The first-order chi connectivity index (χ1) is 16.0. The standard InChI is InChI=1S/C23H25ClFN5O.CHN/c1-3-4-9-27-22-21-20(28-23(26)29-22)17-11-16(25)6-7-18(17)30(21)13-15-10-14(12-24)5-8-19(15)31-2;1-2/h5-8,10-11H,3-4,9,12-13H2,1-2H3,(H3,26,27,28,29);1H. The van der Waals surface area contributed by atoms with Gasteiger partial charge in [-0.25, -0.2) is 14.6 Å². The van der Waals surface area contributed by atoms with E-state index in [4.69, 9.17) is 27.3 Å². The molecule has 0 radical (unpaired) electrons. The summed E-state index contributed by atoms with van der Waals surface area (Å²) in [5, 5.41) is 10.6. The van der Waals surface area contributed by atoms with Crippen molar-refractivity contribution in [3.63, 3.8) is 0 Å². The Bertz CT molecular complexity index is 1290. The minimum absolute atomic E-state index is 0.150. The number of anilines is 2. The maximum Gasteiger partial charge on any atom is 0.222 e. The summed E-state index contributed by atoms with van der Waals surface area (Å²) >= 11 is 6.06. The molecule has 0 fully saturated rings. The second-order valence-electron chi connectivity index (χ2n) is 7.44. The van der Waals surface area contributed by atoms with Gasteiger partial charge in [0.25, 0.3) is 0 Å². The monoisotopic (exact) mass is 468 g/mol. The Morgan fingerprint density at radius 1 is 1.21 bits per heavy atom. The Balaban J connectivity index is 0.00000149. The molecule has 9 heteroatoms. The molecule has 2 aromatic carbocycles. The van der Waals surface area contributed by atoms with Crippen LogP contribution in [0.25, 0.3) is 21.9 Å². The zero-order chi connectivity index (χ0) is 24.0. The molecule has 172 valence electrons. The van der Waals surface area contributed by atoms with Crippen molar-refractivity contribution in [1.82, 2.24) is 14.5 Å². The number of nitrogens with zero attached hydrogens (tertiary/aromatic N) is 4. The van der Waals surface area contributed by atoms with Crippen LogP contribution in [0.15, 0.2) is 36.4 Å². The molecule has 0 aliphatic heterocycles. The predicted molar refractivity (Wildman–Crippen MR) is 131 cm³/mol. The first-order valence-corrected chi connectivity index (χ1v) is 11.1. The van der Waals surface area contributed by atoms with Crippen LogP contribution < -0.4 is 15.8 Å². The highest BCUT2D eigenvalue weighted by Crippen LogP contribution is 2.34. The smallest absolute Gasteiger partial charge is 0.222 e. The van der Waals surface area contributed by atoms with Gasteiger partial charge in [0.05, 0.1) is 19.2 Å². The molecule has 7 nitrogen and oxygen atoms in total. The highest BCUT2D eigenvalue weighted by atomic mass is 35.5. The highest BCUT2D eigenvalue weighted by Gasteiger charge is 2.19. The van der Waals surface area contributed by atoms with Crippen LogP contribution in [0.3, 0.4) is 0 Å². The first kappa shape index (κ1) is 24.1. The summed E-state index contributed by atoms with van der Waals surface area (Å²) in [4.78, 5) is 8.92. The van der Waals surface area contributed by atoms with Crippen molar-refractivity contribution in [3.05, 3.63) is 53.3 Å². The van der Waals surface area contributed by atoms with Gasteiger partial charge in [-0.15, -0.1) is 11.6 Å². The average Bonchev–Trinajstić information content (AvgIpc) is 3.13. The Labute approximate surface area is 197 Å².